The minimum absolute atomic E-state index is 1.07. The third kappa shape index (κ3) is 4.55. The second kappa shape index (κ2) is 7.78. The van der Waals surface area contributed by atoms with Crippen LogP contribution in [-0.4, -0.2) is 9.97 Å². The molecule has 0 aliphatic rings. The van der Waals surface area contributed by atoms with E-state index in [0.717, 1.165) is 23.3 Å². The maximum atomic E-state index is 4.60. The Labute approximate surface area is 116 Å². The molecule has 0 unspecified atom stereocenters. The molecule has 102 valence electrons. The fourth-order valence-corrected chi connectivity index (χ4v) is 2.41. The van der Waals surface area contributed by atoms with Gasteiger partial charge in [-0.3, -0.25) is 0 Å². The summed E-state index contributed by atoms with van der Waals surface area (Å²) in [5.74, 6) is 1.13. The average molecular weight is 256 g/mol. The molecule has 0 radical (unpaired) electrons. The van der Waals surface area contributed by atoms with Crippen molar-refractivity contribution in [2.45, 2.75) is 51.4 Å². The van der Waals surface area contributed by atoms with Crippen LogP contribution in [-0.2, 0) is 6.42 Å². The molecule has 1 aromatic carbocycles. The minimum atomic E-state index is 1.07. The third-order valence-electron chi connectivity index (χ3n) is 3.51. The molecule has 1 N–H and O–H groups in total. The second-order valence-corrected chi connectivity index (χ2v) is 5.15. The summed E-state index contributed by atoms with van der Waals surface area (Å²) in [6.07, 6.45) is 12.1. The average Bonchev–Trinajstić information content (AvgIpc) is 2.84. The normalized spacial score (nSPS) is 10.9. The highest BCUT2D eigenvalue weighted by molar-refractivity contribution is 5.74. The predicted octanol–water partition coefficient (Wildman–Crippen LogP) is 5.02. The van der Waals surface area contributed by atoms with Gasteiger partial charge in [0, 0.05) is 6.42 Å². The molecular weight excluding hydrogens is 232 g/mol. The summed E-state index contributed by atoms with van der Waals surface area (Å²) in [6.45, 7) is 3.75. The van der Waals surface area contributed by atoms with Crippen LogP contribution in [0.4, 0.5) is 0 Å². The molecule has 0 amide bonds. The molecule has 0 bridgehead atoms. The zero-order valence-electron chi connectivity index (χ0n) is 11.7. The van der Waals surface area contributed by atoms with Crippen LogP contribution >= 0.6 is 0 Å². The smallest absolute Gasteiger partial charge is 0.107 e. The van der Waals surface area contributed by atoms with Crippen LogP contribution in [0.25, 0.3) is 11.0 Å². The van der Waals surface area contributed by atoms with E-state index < -0.39 is 0 Å². The van der Waals surface area contributed by atoms with Gasteiger partial charge < -0.3 is 4.98 Å². The largest absolute Gasteiger partial charge is 0.342 e. The van der Waals surface area contributed by atoms with Crippen molar-refractivity contribution in [2.75, 3.05) is 0 Å². The van der Waals surface area contributed by atoms with Crippen molar-refractivity contribution >= 4 is 11.0 Å². The van der Waals surface area contributed by atoms with Crippen molar-refractivity contribution in [1.82, 2.24) is 9.97 Å². The van der Waals surface area contributed by atoms with Crippen LogP contribution in [0.15, 0.2) is 36.9 Å². The molecule has 1 aromatic heterocycles. The van der Waals surface area contributed by atoms with Crippen molar-refractivity contribution in [3.05, 3.63) is 42.7 Å². The Bertz CT molecular complexity index is 466. The molecule has 0 saturated heterocycles. The number of unbranched alkanes of at least 4 members (excludes halogenated alkanes) is 6. The standard InChI is InChI=1S/C17H24N2/c1-2-3-4-5-6-7-8-9-14-17-18-15-12-10-11-13-16(15)19-17/h2,10-13H,1,3-9,14H2,(H,18,19). The summed E-state index contributed by atoms with van der Waals surface area (Å²) in [4.78, 5) is 8.00. The lowest BCUT2D eigenvalue weighted by atomic mass is 10.1. The number of hydrogen-bond donors (Lipinski definition) is 1. The van der Waals surface area contributed by atoms with Crippen molar-refractivity contribution in [2.24, 2.45) is 0 Å². The molecule has 0 spiro atoms. The van der Waals surface area contributed by atoms with Gasteiger partial charge in [-0.15, -0.1) is 6.58 Å². The zero-order valence-corrected chi connectivity index (χ0v) is 11.7. The summed E-state index contributed by atoms with van der Waals surface area (Å²) in [5, 5.41) is 0. The Morgan fingerprint density at radius 3 is 2.53 bits per heavy atom. The highest BCUT2D eigenvalue weighted by atomic mass is 14.9. The van der Waals surface area contributed by atoms with Gasteiger partial charge in [0.15, 0.2) is 0 Å². The van der Waals surface area contributed by atoms with Gasteiger partial charge in [-0.25, -0.2) is 4.98 Å². The molecule has 2 nitrogen and oxygen atoms in total. The maximum Gasteiger partial charge on any atom is 0.107 e. The number of aromatic nitrogens is 2. The first-order valence-electron chi connectivity index (χ1n) is 7.44. The number of allylic oxidation sites excluding steroid dienone is 1. The van der Waals surface area contributed by atoms with E-state index in [2.05, 4.69) is 28.7 Å². The number of fused-ring (bicyclic) bond motifs is 1. The van der Waals surface area contributed by atoms with Gasteiger partial charge in [-0.2, -0.15) is 0 Å². The molecule has 19 heavy (non-hydrogen) atoms. The van der Waals surface area contributed by atoms with Gasteiger partial charge in [0.1, 0.15) is 5.82 Å². The summed E-state index contributed by atoms with van der Waals surface area (Å²) < 4.78 is 0. The molecule has 0 saturated carbocycles. The second-order valence-electron chi connectivity index (χ2n) is 5.15. The van der Waals surface area contributed by atoms with Crippen molar-refractivity contribution < 1.29 is 0 Å². The number of para-hydroxylation sites is 2. The molecule has 0 atom stereocenters. The van der Waals surface area contributed by atoms with Crippen molar-refractivity contribution in [1.29, 1.82) is 0 Å². The number of H-pyrrole nitrogens is 1. The number of aromatic amines is 1. The summed E-state index contributed by atoms with van der Waals surface area (Å²) >= 11 is 0. The van der Waals surface area contributed by atoms with Crippen LogP contribution in [0.1, 0.15) is 50.8 Å². The molecule has 0 aliphatic heterocycles. The predicted molar refractivity (Wildman–Crippen MR) is 82.3 cm³/mol. The summed E-state index contributed by atoms with van der Waals surface area (Å²) in [5.41, 5.74) is 2.24. The van der Waals surface area contributed by atoms with Crippen LogP contribution in [0.3, 0.4) is 0 Å². The van der Waals surface area contributed by atoms with E-state index >= 15 is 0 Å². The third-order valence-corrected chi connectivity index (χ3v) is 3.51. The van der Waals surface area contributed by atoms with Gasteiger partial charge in [-0.05, 0) is 31.4 Å². The lowest BCUT2D eigenvalue weighted by molar-refractivity contribution is 0.593. The monoisotopic (exact) mass is 256 g/mol. The first-order chi connectivity index (χ1) is 9.40. The fourth-order valence-electron chi connectivity index (χ4n) is 2.41. The fraction of sp³-hybridized carbons (Fsp3) is 0.471. The Morgan fingerprint density at radius 2 is 1.74 bits per heavy atom. The number of imidazole rings is 1. The highest BCUT2D eigenvalue weighted by Gasteiger charge is 2.01. The number of nitrogens with zero attached hydrogens (tertiary/aromatic N) is 1. The Balaban J connectivity index is 1.61. The van der Waals surface area contributed by atoms with Crippen molar-refractivity contribution in [3.63, 3.8) is 0 Å². The number of rotatable bonds is 9. The van der Waals surface area contributed by atoms with Gasteiger partial charge in [0.05, 0.1) is 11.0 Å². The topological polar surface area (TPSA) is 28.7 Å². The Morgan fingerprint density at radius 1 is 1.00 bits per heavy atom. The lowest BCUT2D eigenvalue weighted by Crippen LogP contribution is -1.88. The summed E-state index contributed by atoms with van der Waals surface area (Å²) in [6, 6.07) is 8.24. The number of nitrogens with one attached hydrogen (secondary N) is 1. The van der Waals surface area contributed by atoms with Gasteiger partial charge in [0.2, 0.25) is 0 Å². The van der Waals surface area contributed by atoms with Crippen LogP contribution < -0.4 is 0 Å². The van der Waals surface area contributed by atoms with E-state index in [1.54, 1.807) is 0 Å². The van der Waals surface area contributed by atoms with E-state index in [0.29, 0.717) is 0 Å². The number of hydrogen-bond acceptors (Lipinski definition) is 1. The van der Waals surface area contributed by atoms with E-state index in [1.807, 2.05) is 18.2 Å². The Kier molecular flexibility index (Phi) is 5.67. The first-order valence-corrected chi connectivity index (χ1v) is 7.44. The van der Waals surface area contributed by atoms with E-state index in [1.165, 1.54) is 44.9 Å². The molecule has 2 rings (SSSR count). The van der Waals surface area contributed by atoms with E-state index in [-0.39, 0.29) is 0 Å². The first kappa shape index (κ1) is 13.9. The minimum Gasteiger partial charge on any atom is -0.342 e. The van der Waals surface area contributed by atoms with E-state index in [4.69, 9.17) is 0 Å². The molecule has 2 aromatic rings. The molecule has 2 heteroatoms. The van der Waals surface area contributed by atoms with Crippen LogP contribution in [0, 0.1) is 0 Å². The SMILES string of the molecule is C=CCCCCCCCCc1nc2ccccc2[nH]1. The molecule has 0 fully saturated rings. The zero-order chi connectivity index (χ0) is 13.3. The number of aryl methyl sites for hydroxylation is 1. The number of benzene rings is 1. The lowest BCUT2D eigenvalue weighted by Gasteiger charge is -1.99. The Hall–Kier alpha value is -1.57. The van der Waals surface area contributed by atoms with Crippen LogP contribution in [0.5, 0.6) is 0 Å². The van der Waals surface area contributed by atoms with Gasteiger partial charge in [0.25, 0.3) is 0 Å². The molecule has 1 heterocycles. The van der Waals surface area contributed by atoms with Gasteiger partial charge in [-0.1, -0.05) is 43.9 Å². The summed E-state index contributed by atoms with van der Waals surface area (Å²) in [7, 11) is 0. The molecular formula is C17H24N2. The van der Waals surface area contributed by atoms with Crippen molar-refractivity contribution in [3.8, 4) is 0 Å². The van der Waals surface area contributed by atoms with Gasteiger partial charge >= 0.3 is 0 Å². The highest BCUT2D eigenvalue weighted by Crippen LogP contribution is 2.13. The molecule has 0 aliphatic carbocycles. The maximum absolute atomic E-state index is 4.60. The van der Waals surface area contributed by atoms with Crippen LogP contribution in [0.2, 0.25) is 0 Å². The van der Waals surface area contributed by atoms with E-state index in [9.17, 15) is 0 Å². The quantitative estimate of drug-likeness (QED) is 0.495.